The van der Waals surface area contributed by atoms with Crippen molar-refractivity contribution in [3.8, 4) is 0 Å². The Balaban J connectivity index is 1.98. The van der Waals surface area contributed by atoms with Crippen LogP contribution in [0.2, 0.25) is 5.15 Å². The monoisotopic (exact) mass is 364 g/mol. The topological polar surface area (TPSA) is 59.1 Å². The van der Waals surface area contributed by atoms with Gasteiger partial charge in [-0.15, -0.1) is 0 Å². The molecule has 4 nitrogen and oxygen atoms in total. The van der Waals surface area contributed by atoms with Gasteiger partial charge < -0.3 is 5.32 Å². The quantitative estimate of drug-likeness (QED) is 0.508. The number of hydrogen-bond donors (Lipinski definition) is 1. The molecule has 1 amide bonds. The molecular weight excluding hydrogens is 356 g/mol. The third-order valence-corrected chi connectivity index (χ3v) is 3.22. The number of aromatic nitrogens is 1. The highest BCUT2D eigenvalue weighted by Gasteiger charge is 2.04. The van der Waals surface area contributed by atoms with Crippen molar-refractivity contribution in [2.24, 2.45) is 0 Å². The predicted molar refractivity (Wildman–Crippen MR) is 85.5 cm³/mol. The van der Waals surface area contributed by atoms with Crippen LogP contribution in [0.1, 0.15) is 10.4 Å². The number of pyridine rings is 1. The Hall–Kier alpha value is -1.98. The number of allylic oxidation sites excluding steroid dienone is 1. The molecule has 0 bridgehead atoms. The second kappa shape index (κ2) is 7.15. The van der Waals surface area contributed by atoms with Gasteiger partial charge in [0.25, 0.3) is 0 Å². The summed E-state index contributed by atoms with van der Waals surface area (Å²) in [4.78, 5) is 27.4. The van der Waals surface area contributed by atoms with E-state index in [1.807, 2.05) is 0 Å². The van der Waals surface area contributed by atoms with E-state index in [-0.39, 0.29) is 10.9 Å². The minimum atomic E-state index is -0.449. The number of benzene rings is 1. The van der Waals surface area contributed by atoms with E-state index in [4.69, 9.17) is 11.6 Å². The van der Waals surface area contributed by atoms with Gasteiger partial charge in [-0.3, -0.25) is 9.59 Å². The Morgan fingerprint density at radius 1 is 1.10 bits per heavy atom. The summed E-state index contributed by atoms with van der Waals surface area (Å²) in [6.07, 6.45) is 2.37. The first-order valence-corrected chi connectivity index (χ1v) is 7.13. The van der Waals surface area contributed by atoms with Gasteiger partial charge in [0.15, 0.2) is 5.78 Å². The zero-order valence-corrected chi connectivity index (χ0v) is 13.1. The molecule has 0 fully saturated rings. The molecular formula is C15H10BrClN2O2. The largest absolute Gasteiger partial charge is 0.307 e. The number of rotatable bonds is 4. The van der Waals surface area contributed by atoms with Gasteiger partial charge in [0.1, 0.15) is 11.0 Å². The second-order valence-electron chi connectivity index (χ2n) is 4.04. The van der Waals surface area contributed by atoms with Gasteiger partial charge in [-0.2, -0.15) is 0 Å². The molecule has 1 N–H and O–H groups in total. The van der Waals surface area contributed by atoms with Crippen molar-refractivity contribution < 1.29 is 9.59 Å². The van der Waals surface area contributed by atoms with Crippen LogP contribution in [-0.2, 0) is 4.79 Å². The Morgan fingerprint density at radius 3 is 2.48 bits per heavy atom. The van der Waals surface area contributed by atoms with E-state index in [2.05, 4.69) is 26.2 Å². The number of nitrogens with zero attached hydrogens (tertiary/aromatic N) is 1. The van der Waals surface area contributed by atoms with Crippen molar-refractivity contribution >= 4 is 45.0 Å². The average molecular weight is 366 g/mol. The smallest absolute Gasteiger partial charge is 0.249 e. The molecule has 6 heteroatoms. The first-order valence-electron chi connectivity index (χ1n) is 5.96. The molecule has 0 aliphatic carbocycles. The van der Waals surface area contributed by atoms with Crippen LogP contribution in [0.3, 0.4) is 0 Å². The highest BCUT2D eigenvalue weighted by Crippen LogP contribution is 2.11. The fraction of sp³-hybridized carbons (Fsp3) is 0. The summed E-state index contributed by atoms with van der Waals surface area (Å²) in [7, 11) is 0. The summed E-state index contributed by atoms with van der Waals surface area (Å²) >= 11 is 9.00. The summed E-state index contributed by atoms with van der Waals surface area (Å²) in [6, 6.07) is 11.7. The fourth-order valence-electron chi connectivity index (χ4n) is 1.51. The van der Waals surface area contributed by atoms with Crippen LogP contribution in [0.5, 0.6) is 0 Å². The maximum atomic E-state index is 11.8. The van der Waals surface area contributed by atoms with Crippen LogP contribution in [-0.4, -0.2) is 16.7 Å². The van der Waals surface area contributed by atoms with Crippen molar-refractivity contribution in [2.45, 2.75) is 0 Å². The first kappa shape index (κ1) is 15.4. The van der Waals surface area contributed by atoms with Gasteiger partial charge in [0.2, 0.25) is 5.91 Å². The lowest BCUT2D eigenvalue weighted by atomic mass is 10.1. The van der Waals surface area contributed by atoms with Gasteiger partial charge in [0, 0.05) is 16.1 Å². The summed E-state index contributed by atoms with van der Waals surface area (Å²) in [5.74, 6) is -0.375. The van der Waals surface area contributed by atoms with E-state index in [1.54, 1.807) is 42.5 Å². The maximum absolute atomic E-state index is 11.8. The van der Waals surface area contributed by atoms with E-state index in [1.165, 1.54) is 6.08 Å². The molecule has 0 radical (unpaired) electrons. The molecule has 1 aromatic carbocycles. The zero-order chi connectivity index (χ0) is 15.2. The molecule has 0 spiro atoms. The number of carbonyl (C=O) groups excluding carboxylic acids is 2. The van der Waals surface area contributed by atoms with Crippen LogP contribution < -0.4 is 5.32 Å². The number of anilines is 1. The molecule has 1 aromatic heterocycles. The lowest BCUT2D eigenvalue weighted by Gasteiger charge is -2.00. The van der Waals surface area contributed by atoms with E-state index in [9.17, 15) is 9.59 Å². The van der Waals surface area contributed by atoms with E-state index in [0.717, 1.165) is 10.5 Å². The van der Waals surface area contributed by atoms with Crippen LogP contribution in [0, 0.1) is 0 Å². The number of halogens is 2. The summed E-state index contributed by atoms with van der Waals surface area (Å²) < 4.78 is 0.882. The molecule has 0 unspecified atom stereocenters. The molecule has 2 rings (SSSR count). The number of nitrogens with one attached hydrogen (secondary N) is 1. The van der Waals surface area contributed by atoms with E-state index in [0.29, 0.717) is 11.4 Å². The lowest BCUT2D eigenvalue weighted by Crippen LogP contribution is -2.10. The fourth-order valence-corrected chi connectivity index (χ4v) is 1.94. The van der Waals surface area contributed by atoms with Crippen molar-refractivity contribution in [3.05, 3.63) is 69.8 Å². The third kappa shape index (κ3) is 4.81. The molecule has 1 heterocycles. The molecule has 0 atom stereocenters. The van der Waals surface area contributed by atoms with Crippen molar-refractivity contribution in [1.82, 2.24) is 4.98 Å². The molecule has 106 valence electrons. The van der Waals surface area contributed by atoms with Gasteiger partial charge >= 0.3 is 0 Å². The lowest BCUT2D eigenvalue weighted by molar-refractivity contribution is -0.111. The van der Waals surface area contributed by atoms with Gasteiger partial charge in [0.05, 0.1) is 0 Å². The van der Waals surface area contributed by atoms with Crippen molar-refractivity contribution in [1.29, 1.82) is 0 Å². The van der Waals surface area contributed by atoms with Crippen LogP contribution in [0.15, 0.2) is 59.1 Å². The zero-order valence-electron chi connectivity index (χ0n) is 10.7. The highest BCUT2D eigenvalue weighted by atomic mass is 79.9. The minimum Gasteiger partial charge on any atom is -0.307 e. The van der Waals surface area contributed by atoms with E-state index >= 15 is 0 Å². The minimum absolute atomic E-state index is 0.253. The molecule has 2 aromatic rings. The first-order chi connectivity index (χ1) is 10.0. The summed E-state index contributed by atoms with van der Waals surface area (Å²) in [5, 5.41) is 2.80. The number of amides is 1. The Morgan fingerprint density at radius 2 is 1.81 bits per heavy atom. The van der Waals surface area contributed by atoms with Crippen LogP contribution in [0.25, 0.3) is 0 Å². The van der Waals surface area contributed by atoms with Crippen LogP contribution in [0.4, 0.5) is 5.82 Å². The standard InChI is InChI=1S/C15H10BrClN2O2/c16-11-6-4-10(5-7-11)12(20)8-9-15(21)19-14-3-1-2-13(17)18-14/h1-9H,(H,18,19,21)/b9-8+. The second-order valence-corrected chi connectivity index (χ2v) is 5.34. The normalized spacial score (nSPS) is 10.6. The molecule has 21 heavy (non-hydrogen) atoms. The van der Waals surface area contributed by atoms with Crippen LogP contribution >= 0.6 is 27.5 Å². The number of ketones is 1. The number of hydrogen-bond acceptors (Lipinski definition) is 3. The Kier molecular flexibility index (Phi) is 5.25. The molecule has 0 aliphatic rings. The highest BCUT2D eigenvalue weighted by molar-refractivity contribution is 9.10. The molecule has 0 saturated carbocycles. The Bertz CT molecular complexity index is 699. The third-order valence-electron chi connectivity index (χ3n) is 2.48. The average Bonchev–Trinajstić information content (AvgIpc) is 2.45. The summed E-state index contributed by atoms with van der Waals surface area (Å²) in [5.41, 5.74) is 0.503. The Labute approximate surface area is 135 Å². The number of carbonyl (C=O) groups is 2. The van der Waals surface area contributed by atoms with Gasteiger partial charge in [-0.25, -0.2) is 4.98 Å². The SMILES string of the molecule is O=C(/C=C/C(=O)c1ccc(Br)cc1)Nc1cccc(Cl)n1. The summed E-state index contributed by atoms with van der Waals surface area (Å²) in [6.45, 7) is 0. The molecule has 0 saturated heterocycles. The predicted octanol–water partition coefficient (Wildman–Crippen LogP) is 3.88. The maximum Gasteiger partial charge on any atom is 0.249 e. The van der Waals surface area contributed by atoms with Gasteiger partial charge in [-0.1, -0.05) is 33.6 Å². The van der Waals surface area contributed by atoms with Crippen molar-refractivity contribution in [3.63, 3.8) is 0 Å². The van der Waals surface area contributed by atoms with Crippen molar-refractivity contribution in [2.75, 3.05) is 5.32 Å². The van der Waals surface area contributed by atoms with Gasteiger partial charge in [-0.05, 0) is 42.5 Å². The van der Waals surface area contributed by atoms with E-state index < -0.39 is 5.91 Å². The molecule has 0 aliphatic heterocycles.